The van der Waals surface area contributed by atoms with Gasteiger partial charge in [0.2, 0.25) is 5.91 Å². The van der Waals surface area contributed by atoms with Gasteiger partial charge in [-0.1, -0.05) is 0 Å². The highest BCUT2D eigenvalue weighted by Crippen LogP contribution is 2.35. The number of carbonyl (C=O) groups is 1. The van der Waals surface area contributed by atoms with E-state index in [1.54, 1.807) is 36.3 Å². The highest BCUT2D eigenvalue weighted by Gasteiger charge is 2.41. The molecule has 0 radical (unpaired) electrons. The lowest BCUT2D eigenvalue weighted by Gasteiger charge is -2.30. The van der Waals surface area contributed by atoms with Gasteiger partial charge < -0.3 is 21.5 Å². The lowest BCUT2D eigenvalue weighted by atomic mass is 10.0. The van der Waals surface area contributed by atoms with E-state index in [0.29, 0.717) is 17.0 Å². The molecule has 22 heavy (non-hydrogen) atoms. The van der Waals surface area contributed by atoms with Crippen molar-refractivity contribution in [3.63, 3.8) is 0 Å². The standard InChI is InChI=1S/C15H15N5O2/c1-22-9-4-2-8(3-5-9)20-12(21)6-10-13(17)11(7-16)14(18)19-15(10)20/h2-5,15,19H,6,17-18H2,1H3. The second-order valence-electron chi connectivity index (χ2n) is 5.02. The molecule has 1 saturated heterocycles. The Morgan fingerprint density at radius 3 is 2.64 bits per heavy atom. The number of ether oxygens (including phenoxy) is 1. The molecule has 0 aromatic heterocycles. The number of nitrogens with two attached hydrogens (primary N) is 2. The Morgan fingerprint density at radius 1 is 1.36 bits per heavy atom. The van der Waals surface area contributed by atoms with Crippen LogP contribution in [0.3, 0.4) is 0 Å². The number of carbonyl (C=O) groups excluding carboxylic acids is 1. The molecule has 2 aliphatic rings. The highest BCUT2D eigenvalue weighted by atomic mass is 16.5. The van der Waals surface area contributed by atoms with E-state index in [4.69, 9.17) is 21.5 Å². The highest BCUT2D eigenvalue weighted by molar-refractivity contribution is 6.00. The summed E-state index contributed by atoms with van der Waals surface area (Å²) in [4.78, 5) is 14.0. The Kier molecular flexibility index (Phi) is 3.14. The van der Waals surface area contributed by atoms with Crippen molar-refractivity contribution in [1.82, 2.24) is 5.32 Å². The van der Waals surface area contributed by atoms with Crippen LogP contribution in [0.2, 0.25) is 0 Å². The van der Waals surface area contributed by atoms with Gasteiger partial charge in [-0.25, -0.2) is 0 Å². The van der Waals surface area contributed by atoms with E-state index in [1.807, 2.05) is 6.07 Å². The SMILES string of the molecule is COc1ccc(N2C(=O)CC3=C(N)C(C#N)=C(N)NC32)cc1. The number of anilines is 1. The number of methoxy groups -OCH3 is 1. The minimum absolute atomic E-state index is 0.104. The van der Waals surface area contributed by atoms with Crippen molar-refractivity contribution in [3.8, 4) is 11.8 Å². The minimum Gasteiger partial charge on any atom is -0.497 e. The van der Waals surface area contributed by atoms with E-state index in [2.05, 4.69) is 5.32 Å². The molecule has 1 amide bonds. The van der Waals surface area contributed by atoms with Crippen molar-refractivity contribution in [3.05, 3.63) is 46.9 Å². The number of dihydropyridines is 1. The molecule has 7 heteroatoms. The van der Waals surface area contributed by atoms with Gasteiger partial charge in [0.1, 0.15) is 29.4 Å². The maximum absolute atomic E-state index is 12.4. The van der Waals surface area contributed by atoms with Gasteiger partial charge in [0.25, 0.3) is 0 Å². The normalized spacial score (nSPS) is 20.6. The third kappa shape index (κ3) is 1.93. The van der Waals surface area contributed by atoms with Crippen LogP contribution in [-0.4, -0.2) is 19.2 Å². The maximum Gasteiger partial charge on any atom is 0.233 e. The summed E-state index contributed by atoms with van der Waals surface area (Å²) in [6.45, 7) is 0. The van der Waals surface area contributed by atoms with Crippen LogP contribution in [-0.2, 0) is 4.79 Å². The zero-order chi connectivity index (χ0) is 15.9. The molecule has 0 spiro atoms. The van der Waals surface area contributed by atoms with Crippen molar-refractivity contribution in [2.75, 3.05) is 12.0 Å². The number of allylic oxidation sites excluding steroid dienone is 1. The van der Waals surface area contributed by atoms with Crippen molar-refractivity contribution >= 4 is 11.6 Å². The third-order valence-electron chi connectivity index (χ3n) is 3.84. The molecule has 1 aromatic rings. The Bertz CT molecular complexity index is 742. The van der Waals surface area contributed by atoms with Crippen LogP contribution < -0.4 is 26.4 Å². The maximum atomic E-state index is 12.4. The average Bonchev–Trinajstić information content (AvgIpc) is 2.84. The van der Waals surface area contributed by atoms with Gasteiger partial charge in [-0.05, 0) is 24.3 Å². The molecule has 1 unspecified atom stereocenters. The summed E-state index contributed by atoms with van der Waals surface area (Å²) in [6, 6.07) is 9.09. The fourth-order valence-corrected chi connectivity index (χ4v) is 2.72. The van der Waals surface area contributed by atoms with Crippen LogP contribution in [0, 0.1) is 11.3 Å². The largest absolute Gasteiger partial charge is 0.497 e. The summed E-state index contributed by atoms with van der Waals surface area (Å²) in [5.41, 5.74) is 13.7. The quantitative estimate of drug-likeness (QED) is 0.721. The van der Waals surface area contributed by atoms with Crippen LogP contribution >= 0.6 is 0 Å². The molecule has 112 valence electrons. The van der Waals surface area contributed by atoms with E-state index in [1.165, 1.54) is 0 Å². The number of nitrogens with zero attached hydrogens (tertiary/aromatic N) is 2. The van der Waals surface area contributed by atoms with Crippen LogP contribution in [0.1, 0.15) is 6.42 Å². The molecule has 1 fully saturated rings. The molecular formula is C15H15N5O2. The molecule has 5 N–H and O–H groups in total. The van der Waals surface area contributed by atoms with Crippen molar-refractivity contribution < 1.29 is 9.53 Å². The lowest BCUT2D eigenvalue weighted by Crippen LogP contribution is -2.48. The van der Waals surface area contributed by atoms with Gasteiger partial charge in [-0.2, -0.15) is 5.26 Å². The van der Waals surface area contributed by atoms with Gasteiger partial charge >= 0.3 is 0 Å². The number of nitrogens with one attached hydrogen (secondary N) is 1. The molecule has 1 aromatic carbocycles. The summed E-state index contributed by atoms with van der Waals surface area (Å²) >= 11 is 0. The van der Waals surface area contributed by atoms with Crippen molar-refractivity contribution in [1.29, 1.82) is 5.26 Å². The van der Waals surface area contributed by atoms with Gasteiger partial charge in [0, 0.05) is 11.3 Å². The summed E-state index contributed by atoms with van der Waals surface area (Å²) in [7, 11) is 1.58. The molecule has 0 saturated carbocycles. The topological polar surface area (TPSA) is 117 Å². The number of hydrogen-bond donors (Lipinski definition) is 3. The zero-order valence-corrected chi connectivity index (χ0v) is 12.0. The smallest absolute Gasteiger partial charge is 0.233 e. The summed E-state index contributed by atoms with van der Waals surface area (Å²) in [5.74, 6) is 0.781. The number of amides is 1. The number of nitriles is 1. The fraction of sp³-hybridized carbons (Fsp3) is 0.200. The van der Waals surface area contributed by atoms with Crippen LogP contribution in [0.15, 0.2) is 46.9 Å². The second-order valence-corrected chi connectivity index (χ2v) is 5.02. The van der Waals surface area contributed by atoms with Gasteiger partial charge in [0.15, 0.2) is 0 Å². The molecule has 3 rings (SSSR count). The first-order chi connectivity index (χ1) is 10.6. The van der Waals surface area contributed by atoms with E-state index in [0.717, 1.165) is 0 Å². The molecule has 0 bridgehead atoms. The van der Waals surface area contributed by atoms with Gasteiger partial charge in [0.05, 0.1) is 19.2 Å². The van der Waals surface area contributed by atoms with E-state index in [-0.39, 0.29) is 29.4 Å². The molecular weight excluding hydrogens is 282 g/mol. The first-order valence-electron chi connectivity index (χ1n) is 6.68. The van der Waals surface area contributed by atoms with Crippen molar-refractivity contribution in [2.24, 2.45) is 11.5 Å². The number of hydrogen-bond acceptors (Lipinski definition) is 6. The third-order valence-corrected chi connectivity index (χ3v) is 3.84. The first-order valence-corrected chi connectivity index (χ1v) is 6.68. The molecule has 7 nitrogen and oxygen atoms in total. The van der Waals surface area contributed by atoms with E-state index >= 15 is 0 Å². The first kappa shape index (κ1) is 13.8. The molecule has 2 heterocycles. The number of fused-ring (bicyclic) bond motifs is 1. The Morgan fingerprint density at radius 2 is 2.05 bits per heavy atom. The molecule has 0 aliphatic carbocycles. The summed E-state index contributed by atoms with van der Waals surface area (Å²) < 4.78 is 5.12. The minimum atomic E-state index is -0.460. The Balaban J connectivity index is 2.01. The van der Waals surface area contributed by atoms with Crippen molar-refractivity contribution in [2.45, 2.75) is 12.6 Å². The zero-order valence-electron chi connectivity index (χ0n) is 12.0. The summed E-state index contributed by atoms with van der Waals surface area (Å²) in [6.07, 6.45) is -0.299. The average molecular weight is 297 g/mol. The van der Waals surface area contributed by atoms with E-state index < -0.39 is 6.17 Å². The van der Waals surface area contributed by atoms with Crippen LogP contribution in [0.4, 0.5) is 5.69 Å². The summed E-state index contributed by atoms with van der Waals surface area (Å²) in [5, 5.41) is 12.1. The van der Waals surface area contributed by atoms with E-state index in [9.17, 15) is 4.79 Å². The molecule has 2 aliphatic heterocycles. The fourth-order valence-electron chi connectivity index (χ4n) is 2.72. The number of rotatable bonds is 2. The van der Waals surface area contributed by atoms with Crippen LogP contribution in [0.5, 0.6) is 5.75 Å². The Hall–Kier alpha value is -3.14. The predicted molar refractivity (Wildman–Crippen MR) is 80.1 cm³/mol. The predicted octanol–water partition coefficient (Wildman–Crippen LogP) is 0.268. The number of benzene rings is 1. The van der Waals surface area contributed by atoms with Gasteiger partial charge in [-0.15, -0.1) is 0 Å². The van der Waals surface area contributed by atoms with Gasteiger partial charge in [-0.3, -0.25) is 9.69 Å². The molecule has 1 atom stereocenters. The second kappa shape index (κ2) is 5.00. The Labute approximate surface area is 127 Å². The lowest BCUT2D eigenvalue weighted by molar-refractivity contribution is -0.117. The monoisotopic (exact) mass is 297 g/mol. The van der Waals surface area contributed by atoms with Crippen LogP contribution in [0.25, 0.3) is 0 Å².